The van der Waals surface area contributed by atoms with E-state index in [1.807, 2.05) is 0 Å². The van der Waals surface area contributed by atoms with Gasteiger partial charge in [0.15, 0.2) is 0 Å². The fourth-order valence-electron chi connectivity index (χ4n) is 1.15. The maximum Gasteiger partial charge on any atom is 0.101 e. The first-order valence-corrected chi connectivity index (χ1v) is 4.74. The summed E-state index contributed by atoms with van der Waals surface area (Å²) in [7, 11) is 0. The van der Waals surface area contributed by atoms with Crippen molar-refractivity contribution in [3.8, 4) is 17.3 Å². The highest BCUT2D eigenvalue weighted by molar-refractivity contribution is 7.14. The fraction of sp³-hybridized carbons (Fsp3) is 0. The maximum atomic E-state index is 8.85. The van der Waals surface area contributed by atoms with Gasteiger partial charge in [-0.3, -0.25) is 9.97 Å². The molecular formula is C9H6N4S. The van der Waals surface area contributed by atoms with Crippen LogP contribution < -0.4 is 5.73 Å². The summed E-state index contributed by atoms with van der Waals surface area (Å²) in [4.78, 5) is 8.04. The van der Waals surface area contributed by atoms with E-state index in [1.165, 1.54) is 11.3 Å². The van der Waals surface area contributed by atoms with Crippen LogP contribution >= 0.6 is 11.3 Å². The zero-order valence-corrected chi connectivity index (χ0v) is 7.95. The number of nitrogen functional groups attached to an aromatic ring is 1. The Labute approximate surface area is 84.7 Å². The first-order chi connectivity index (χ1) is 6.83. The summed E-state index contributed by atoms with van der Waals surface area (Å²) in [6.07, 6.45) is 4.75. The predicted octanol–water partition coefficient (Wildman–Crippen LogP) is 1.66. The highest BCUT2D eigenvalue weighted by atomic mass is 32.1. The third kappa shape index (κ3) is 1.32. The lowest BCUT2D eigenvalue weighted by Crippen LogP contribution is -1.89. The Bertz CT molecular complexity index is 483. The largest absolute Gasteiger partial charge is 0.390 e. The Hall–Kier alpha value is -1.93. The maximum absolute atomic E-state index is 8.85. The van der Waals surface area contributed by atoms with Crippen LogP contribution in [-0.2, 0) is 0 Å². The smallest absolute Gasteiger partial charge is 0.101 e. The van der Waals surface area contributed by atoms with E-state index in [0.29, 0.717) is 21.8 Å². The van der Waals surface area contributed by atoms with E-state index < -0.39 is 0 Å². The molecule has 0 atom stereocenters. The van der Waals surface area contributed by atoms with Crippen LogP contribution in [0.2, 0.25) is 0 Å². The quantitative estimate of drug-likeness (QED) is 0.763. The number of rotatable bonds is 1. The number of hydrogen-bond donors (Lipinski definition) is 1. The Morgan fingerprint density at radius 2 is 2.29 bits per heavy atom. The van der Waals surface area contributed by atoms with E-state index in [4.69, 9.17) is 11.0 Å². The summed E-state index contributed by atoms with van der Waals surface area (Å²) in [6.45, 7) is 0. The monoisotopic (exact) mass is 202 g/mol. The first-order valence-electron chi connectivity index (χ1n) is 3.86. The Morgan fingerprint density at radius 3 is 2.93 bits per heavy atom. The number of nitrogens with zero attached hydrogens (tertiary/aromatic N) is 3. The number of thiophene rings is 1. The molecule has 0 saturated carbocycles. The molecule has 0 aliphatic heterocycles. The molecule has 2 aromatic heterocycles. The standard InChI is InChI=1S/C9H6N4S/c10-3-6-5-14-9(11)8(6)7-4-12-1-2-13-7/h1-2,4-5H,11H2. The summed E-state index contributed by atoms with van der Waals surface area (Å²) in [5.74, 6) is 0. The summed E-state index contributed by atoms with van der Waals surface area (Å²) in [5, 5.41) is 11.2. The first kappa shape index (κ1) is 8.66. The second-order valence-corrected chi connectivity index (χ2v) is 3.50. The fourth-order valence-corrected chi connectivity index (χ4v) is 1.90. The van der Waals surface area contributed by atoms with E-state index in [0.717, 1.165) is 0 Å². The van der Waals surface area contributed by atoms with Crippen molar-refractivity contribution in [1.29, 1.82) is 5.26 Å². The van der Waals surface area contributed by atoms with Crippen LogP contribution in [0.25, 0.3) is 11.3 Å². The van der Waals surface area contributed by atoms with Gasteiger partial charge in [0.05, 0.1) is 28.0 Å². The van der Waals surface area contributed by atoms with Crippen molar-refractivity contribution in [3.05, 3.63) is 29.5 Å². The van der Waals surface area contributed by atoms with Crippen LogP contribution in [0.1, 0.15) is 5.56 Å². The number of aromatic nitrogens is 2. The second kappa shape index (κ2) is 3.44. The molecule has 0 saturated heterocycles. The van der Waals surface area contributed by atoms with Gasteiger partial charge in [-0.05, 0) is 0 Å². The Balaban J connectivity index is 2.63. The van der Waals surface area contributed by atoms with E-state index in [-0.39, 0.29) is 0 Å². The number of anilines is 1. The van der Waals surface area contributed by atoms with Gasteiger partial charge in [0.25, 0.3) is 0 Å². The summed E-state index contributed by atoms with van der Waals surface area (Å²) >= 11 is 1.34. The van der Waals surface area contributed by atoms with E-state index in [1.54, 1.807) is 24.0 Å². The zero-order valence-electron chi connectivity index (χ0n) is 7.14. The third-order valence-corrected chi connectivity index (χ3v) is 2.57. The molecule has 0 aliphatic carbocycles. The highest BCUT2D eigenvalue weighted by Crippen LogP contribution is 2.32. The van der Waals surface area contributed by atoms with Crippen LogP contribution in [0.4, 0.5) is 5.00 Å². The SMILES string of the molecule is N#Cc1csc(N)c1-c1cnccn1. The van der Waals surface area contributed by atoms with Gasteiger partial charge in [-0.2, -0.15) is 5.26 Å². The van der Waals surface area contributed by atoms with Crippen molar-refractivity contribution >= 4 is 16.3 Å². The van der Waals surface area contributed by atoms with Crippen molar-refractivity contribution in [3.63, 3.8) is 0 Å². The van der Waals surface area contributed by atoms with E-state index in [9.17, 15) is 0 Å². The van der Waals surface area contributed by atoms with Crippen LogP contribution in [0.3, 0.4) is 0 Å². The summed E-state index contributed by atoms with van der Waals surface area (Å²) < 4.78 is 0. The topological polar surface area (TPSA) is 75.6 Å². The average molecular weight is 202 g/mol. The van der Waals surface area contributed by atoms with E-state index >= 15 is 0 Å². The van der Waals surface area contributed by atoms with Gasteiger partial charge in [0, 0.05) is 17.8 Å². The third-order valence-electron chi connectivity index (χ3n) is 1.76. The molecule has 0 spiro atoms. The van der Waals surface area contributed by atoms with Gasteiger partial charge < -0.3 is 5.73 Å². The molecule has 68 valence electrons. The van der Waals surface area contributed by atoms with Crippen molar-refractivity contribution in [1.82, 2.24) is 9.97 Å². The zero-order chi connectivity index (χ0) is 9.97. The second-order valence-electron chi connectivity index (χ2n) is 2.59. The molecule has 0 radical (unpaired) electrons. The molecule has 0 bridgehead atoms. The van der Waals surface area contributed by atoms with E-state index in [2.05, 4.69) is 16.0 Å². The molecule has 4 nitrogen and oxygen atoms in total. The Kier molecular flexibility index (Phi) is 2.13. The number of hydrogen-bond acceptors (Lipinski definition) is 5. The van der Waals surface area contributed by atoms with Crippen molar-refractivity contribution < 1.29 is 0 Å². The Morgan fingerprint density at radius 1 is 1.43 bits per heavy atom. The summed E-state index contributed by atoms with van der Waals surface area (Å²) in [5.41, 5.74) is 7.62. The minimum absolute atomic E-state index is 0.549. The minimum Gasteiger partial charge on any atom is -0.390 e. The van der Waals surface area contributed by atoms with Crippen LogP contribution in [0, 0.1) is 11.3 Å². The van der Waals surface area contributed by atoms with Gasteiger partial charge in [0.2, 0.25) is 0 Å². The van der Waals surface area contributed by atoms with Crippen molar-refractivity contribution in [2.75, 3.05) is 5.73 Å². The lowest BCUT2D eigenvalue weighted by atomic mass is 10.1. The molecule has 5 heteroatoms. The lowest BCUT2D eigenvalue weighted by Gasteiger charge is -1.97. The summed E-state index contributed by atoms with van der Waals surface area (Å²) in [6, 6.07) is 2.08. The van der Waals surface area contributed by atoms with Crippen LogP contribution in [0.5, 0.6) is 0 Å². The van der Waals surface area contributed by atoms with Crippen molar-refractivity contribution in [2.24, 2.45) is 0 Å². The van der Waals surface area contributed by atoms with Gasteiger partial charge in [0.1, 0.15) is 6.07 Å². The number of nitrogens with two attached hydrogens (primary N) is 1. The molecule has 2 N–H and O–H groups in total. The molecular weight excluding hydrogens is 196 g/mol. The van der Waals surface area contributed by atoms with Crippen LogP contribution in [-0.4, -0.2) is 9.97 Å². The van der Waals surface area contributed by atoms with Gasteiger partial charge in [-0.15, -0.1) is 11.3 Å². The molecule has 0 amide bonds. The molecule has 2 aromatic rings. The highest BCUT2D eigenvalue weighted by Gasteiger charge is 2.12. The lowest BCUT2D eigenvalue weighted by molar-refractivity contribution is 1.21. The molecule has 0 fully saturated rings. The molecule has 2 heterocycles. The predicted molar refractivity (Wildman–Crippen MR) is 54.5 cm³/mol. The molecule has 0 aliphatic rings. The van der Waals surface area contributed by atoms with Crippen molar-refractivity contribution in [2.45, 2.75) is 0 Å². The van der Waals surface area contributed by atoms with Gasteiger partial charge in [-0.1, -0.05) is 0 Å². The van der Waals surface area contributed by atoms with Gasteiger partial charge >= 0.3 is 0 Å². The molecule has 0 aromatic carbocycles. The normalized spacial score (nSPS) is 9.64. The molecule has 0 unspecified atom stereocenters. The average Bonchev–Trinajstić information content (AvgIpc) is 2.61. The molecule has 14 heavy (non-hydrogen) atoms. The minimum atomic E-state index is 0.549. The molecule has 2 rings (SSSR count). The van der Waals surface area contributed by atoms with Crippen LogP contribution in [0.15, 0.2) is 24.0 Å². The van der Waals surface area contributed by atoms with Gasteiger partial charge in [-0.25, -0.2) is 0 Å². The number of nitriles is 1.